The molecule has 3 N–H and O–H groups in total. The minimum atomic E-state index is -1.10. The molecule has 134 valence electrons. The highest BCUT2D eigenvalue weighted by Gasteiger charge is 2.33. The fourth-order valence-corrected chi connectivity index (χ4v) is 3.07. The molecule has 0 aromatic heterocycles. The van der Waals surface area contributed by atoms with Gasteiger partial charge in [0, 0.05) is 15.7 Å². The maximum absolute atomic E-state index is 12.4. The van der Waals surface area contributed by atoms with Crippen LogP contribution in [-0.2, 0) is 14.3 Å². The SMILES string of the molecule is CCOC(=O)C1=C(C)NC(=S)NC1c1cc(Br)ccc1OCC(=O)O. The molecule has 7 nitrogen and oxygen atoms in total. The fourth-order valence-electron chi connectivity index (χ4n) is 2.42. The molecule has 0 saturated heterocycles. The first-order chi connectivity index (χ1) is 11.8. The Kier molecular flexibility index (Phi) is 6.38. The molecule has 25 heavy (non-hydrogen) atoms. The summed E-state index contributed by atoms with van der Waals surface area (Å²) < 4.78 is 11.3. The molecular formula is C16H17BrN2O5S. The second-order valence-electron chi connectivity index (χ2n) is 5.16. The molecule has 1 atom stereocenters. The summed E-state index contributed by atoms with van der Waals surface area (Å²) in [5.41, 5.74) is 1.49. The number of ether oxygens (including phenoxy) is 2. The summed E-state index contributed by atoms with van der Waals surface area (Å²) >= 11 is 8.57. The van der Waals surface area contributed by atoms with Gasteiger partial charge in [0.25, 0.3) is 0 Å². The van der Waals surface area contributed by atoms with Crippen molar-refractivity contribution in [2.75, 3.05) is 13.2 Å². The van der Waals surface area contributed by atoms with Gasteiger partial charge in [-0.25, -0.2) is 9.59 Å². The largest absolute Gasteiger partial charge is 0.482 e. The van der Waals surface area contributed by atoms with Crippen molar-refractivity contribution in [3.8, 4) is 5.75 Å². The molecule has 0 aliphatic carbocycles. The van der Waals surface area contributed by atoms with Gasteiger partial charge in [0.2, 0.25) is 0 Å². The Morgan fingerprint density at radius 1 is 1.40 bits per heavy atom. The smallest absolute Gasteiger partial charge is 0.341 e. The number of hydrogen-bond acceptors (Lipinski definition) is 5. The number of allylic oxidation sites excluding steroid dienone is 1. The Morgan fingerprint density at radius 2 is 2.12 bits per heavy atom. The molecule has 0 radical (unpaired) electrons. The van der Waals surface area contributed by atoms with Gasteiger partial charge >= 0.3 is 11.9 Å². The maximum atomic E-state index is 12.4. The Bertz CT molecular complexity index is 750. The van der Waals surface area contributed by atoms with E-state index in [1.54, 1.807) is 32.0 Å². The van der Waals surface area contributed by atoms with Crippen molar-refractivity contribution in [1.29, 1.82) is 0 Å². The summed E-state index contributed by atoms with van der Waals surface area (Å²) in [5.74, 6) is -1.25. The lowest BCUT2D eigenvalue weighted by atomic mass is 9.95. The van der Waals surface area contributed by atoms with Crippen molar-refractivity contribution < 1.29 is 24.2 Å². The average Bonchev–Trinajstić information content (AvgIpc) is 2.52. The van der Waals surface area contributed by atoms with Gasteiger partial charge in [-0.2, -0.15) is 0 Å². The predicted octanol–water partition coefficient (Wildman–Crippen LogP) is 2.27. The van der Waals surface area contributed by atoms with Crippen LogP contribution in [-0.4, -0.2) is 35.4 Å². The van der Waals surface area contributed by atoms with Crippen molar-refractivity contribution in [3.63, 3.8) is 0 Å². The van der Waals surface area contributed by atoms with E-state index < -0.39 is 24.6 Å². The maximum Gasteiger partial charge on any atom is 0.341 e. The van der Waals surface area contributed by atoms with E-state index in [0.29, 0.717) is 27.7 Å². The van der Waals surface area contributed by atoms with Gasteiger partial charge in [0.1, 0.15) is 5.75 Å². The van der Waals surface area contributed by atoms with Crippen LogP contribution in [0.1, 0.15) is 25.5 Å². The second kappa shape index (κ2) is 8.30. The van der Waals surface area contributed by atoms with Gasteiger partial charge in [-0.05, 0) is 44.3 Å². The number of aliphatic carboxylic acids is 1. The van der Waals surface area contributed by atoms with Crippen LogP contribution in [0.2, 0.25) is 0 Å². The number of halogens is 1. The minimum absolute atomic E-state index is 0.230. The Labute approximate surface area is 158 Å². The first-order valence-corrected chi connectivity index (χ1v) is 8.63. The number of benzene rings is 1. The number of thiocarbonyl (C=S) groups is 1. The zero-order valence-electron chi connectivity index (χ0n) is 13.6. The number of carboxylic acids is 1. The monoisotopic (exact) mass is 428 g/mol. The summed E-state index contributed by atoms with van der Waals surface area (Å²) in [4.78, 5) is 23.2. The zero-order valence-corrected chi connectivity index (χ0v) is 16.0. The highest BCUT2D eigenvalue weighted by atomic mass is 79.9. The highest BCUT2D eigenvalue weighted by molar-refractivity contribution is 9.10. The van der Waals surface area contributed by atoms with E-state index in [9.17, 15) is 9.59 Å². The van der Waals surface area contributed by atoms with E-state index in [-0.39, 0.29) is 6.61 Å². The molecule has 1 aliphatic rings. The molecule has 1 aliphatic heterocycles. The molecule has 2 rings (SSSR count). The van der Waals surface area contributed by atoms with Crippen molar-refractivity contribution >= 4 is 45.2 Å². The van der Waals surface area contributed by atoms with Crippen molar-refractivity contribution in [2.24, 2.45) is 0 Å². The Morgan fingerprint density at radius 3 is 2.76 bits per heavy atom. The standard InChI is InChI=1S/C16H17BrN2O5S/c1-3-23-15(22)13-8(2)18-16(25)19-14(13)10-6-9(17)4-5-11(10)24-7-12(20)21/h4-6,14H,3,7H2,1-2H3,(H,20,21)(H2,18,19,25). The number of esters is 1. The number of carbonyl (C=O) groups excluding carboxylic acids is 1. The number of hydrogen-bond donors (Lipinski definition) is 3. The van der Waals surface area contributed by atoms with Crippen LogP contribution in [0, 0.1) is 0 Å². The molecule has 1 aromatic rings. The van der Waals surface area contributed by atoms with Crippen molar-refractivity contribution in [3.05, 3.63) is 39.5 Å². The average molecular weight is 429 g/mol. The first-order valence-electron chi connectivity index (χ1n) is 7.43. The van der Waals surface area contributed by atoms with E-state index in [4.69, 9.17) is 26.8 Å². The van der Waals surface area contributed by atoms with Crippen molar-refractivity contribution in [1.82, 2.24) is 10.6 Å². The molecule has 1 heterocycles. The zero-order chi connectivity index (χ0) is 18.6. The third-order valence-corrected chi connectivity index (χ3v) is 4.11. The van der Waals surface area contributed by atoms with Crippen LogP contribution in [0.15, 0.2) is 33.9 Å². The molecule has 0 spiro atoms. The predicted molar refractivity (Wildman–Crippen MR) is 98.2 cm³/mol. The molecule has 0 bridgehead atoms. The normalized spacial score (nSPS) is 16.8. The van der Waals surface area contributed by atoms with Gasteiger partial charge < -0.3 is 25.2 Å². The summed E-state index contributed by atoms with van der Waals surface area (Å²) in [6.07, 6.45) is 0. The van der Waals surface area contributed by atoms with Gasteiger partial charge in [0.15, 0.2) is 11.7 Å². The molecule has 0 saturated carbocycles. The van der Waals surface area contributed by atoms with E-state index in [1.807, 2.05) is 0 Å². The Balaban J connectivity index is 2.50. The molecule has 0 amide bonds. The molecular weight excluding hydrogens is 412 g/mol. The van der Waals surface area contributed by atoms with Crippen LogP contribution in [0.25, 0.3) is 0 Å². The Hall–Kier alpha value is -2.13. The number of carbonyl (C=O) groups is 2. The lowest BCUT2D eigenvalue weighted by Crippen LogP contribution is -2.45. The van der Waals surface area contributed by atoms with E-state index in [0.717, 1.165) is 4.47 Å². The quantitative estimate of drug-likeness (QED) is 0.468. The van der Waals surface area contributed by atoms with E-state index >= 15 is 0 Å². The minimum Gasteiger partial charge on any atom is -0.482 e. The first kappa shape index (κ1) is 19.2. The highest BCUT2D eigenvalue weighted by Crippen LogP contribution is 2.35. The molecule has 1 aromatic carbocycles. The summed E-state index contributed by atoms with van der Waals surface area (Å²) in [5, 5.41) is 15.1. The third-order valence-electron chi connectivity index (χ3n) is 3.40. The van der Waals surface area contributed by atoms with Gasteiger partial charge in [-0.1, -0.05) is 15.9 Å². The third kappa shape index (κ3) is 4.70. The number of nitrogens with one attached hydrogen (secondary N) is 2. The van der Waals surface area contributed by atoms with Crippen LogP contribution in [0.4, 0.5) is 0 Å². The molecule has 1 unspecified atom stereocenters. The van der Waals surface area contributed by atoms with Crippen LogP contribution < -0.4 is 15.4 Å². The number of carboxylic acid groups (broad SMARTS) is 1. The summed E-state index contributed by atoms with van der Waals surface area (Å²) in [6, 6.07) is 4.47. The fraction of sp³-hybridized carbons (Fsp3) is 0.312. The molecule has 0 fully saturated rings. The van der Waals surface area contributed by atoms with E-state index in [1.165, 1.54) is 0 Å². The second-order valence-corrected chi connectivity index (χ2v) is 6.48. The number of rotatable bonds is 6. The lowest BCUT2D eigenvalue weighted by Gasteiger charge is -2.30. The van der Waals surface area contributed by atoms with Crippen molar-refractivity contribution in [2.45, 2.75) is 19.9 Å². The summed E-state index contributed by atoms with van der Waals surface area (Å²) in [7, 11) is 0. The van der Waals surface area contributed by atoms with E-state index in [2.05, 4.69) is 26.6 Å². The lowest BCUT2D eigenvalue weighted by molar-refractivity contribution is -0.140. The topological polar surface area (TPSA) is 96.9 Å². The van der Waals surface area contributed by atoms with Crippen LogP contribution >= 0.6 is 28.1 Å². The van der Waals surface area contributed by atoms with Gasteiger partial charge in [-0.3, -0.25) is 0 Å². The van der Waals surface area contributed by atoms with Gasteiger partial charge in [-0.15, -0.1) is 0 Å². The van der Waals surface area contributed by atoms with Crippen LogP contribution in [0.3, 0.4) is 0 Å². The van der Waals surface area contributed by atoms with Gasteiger partial charge in [0.05, 0.1) is 18.2 Å². The van der Waals surface area contributed by atoms with Crippen LogP contribution in [0.5, 0.6) is 5.75 Å². The molecule has 9 heteroatoms. The summed E-state index contributed by atoms with van der Waals surface area (Å²) in [6.45, 7) is 3.18.